The normalized spacial score (nSPS) is 10.6. The van der Waals surface area contributed by atoms with E-state index in [1.54, 1.807) is 6.07 Å². The van der Waals surface area contributed by atoms with Gasteiger partial charge in [0.2, 0.25) is 0 Å². The molecule has 84 valence electrons. The van der Waals surface area contributed by atoms with Crippen LogP contribution in [0.15, 0.2) is 18.2 Å². The highest BCUT2D eigenvalue weighted by molar-refractivity contribution is 5.52. The lowest BCUT2D eigenvalue weighted by Gasteiger charge is -2.06. The van der Waals surface area contributed by atoms with Crippen LogP contribution in [0.4, 0.5) is 5.82 Å². The number of aryl methyl sites for hydroxylation is 1. The van der Waals surface area contributed by atoms with E-state index in [-0.39, 0.29) is 0 Å². The number of nitrogens with zero attached hydrogens (tertiary/aromatic N) is 4. The van der Waals surface area contributed by atoms with E-state index in [1.807, 2.05) is 19.1 Å². The van der Waals surface area contributed by atoms with Crippen molar-refractivity contribution in [2.75, 3.05) is 5.73 Å². The highest BCUT2D eigenvalue weighted by Gasteiger charge is 2.11. The molecular formula is C11H15N5. The van der Waals surface area contributed by atoms with Crippen LogP contribution in [-0.2, 0) is 6.54 Å². The van der Waals surface area contributed by atoms with E-state index in [2.05, 4.69) is 26.7 Å². The quantitative estimate of drug-likeness (QED) is 0.848. The average Bonchev–Trinajstić information content (AvgIpc) is 2.61. The molecule has 2 aromatic heterocycles. The Labute approximate surface area is 94.3 Å². The Kier molecular flexibility index (Phi) is 2.85. The summed E-state index contributed by atoms with van der Waals surface area (Å²) in [5, 5.41) is 8.21. The largest absolute Gasteiger partial charge is 0.384 e. The lowest BCUT2D eigenvalue weighted by molar-refractivity contribution is 0.662. The fourth-order valence-electron chi connectivity index (χ4n) is 1.64. The van der Waals surface area contributed by atoms with Crippen LogP contribution in [0.1, 0.15) is 19.2 Å². The second-order valence-electron chi connectivity index (χ2n) is 3.67. The van der Waals surface area contributed by atoms with Crippen molar-refractivity contribution in [3.8, 4) is 11.5 Å². The van der Waals surface area contributed by atoms with Crippen molar-refractivity contribution >= 4 is 5.82 Å². The van der Waals surface area contributed by atoms with Crippen molar-refractivity contribution in [3.05, 3.63) is 24.0 Å². The van der Waals surface area contributed by atoms with Crippen molar-refractivity contribution in [2.45, 2.75) is 26.8 Å². The molecule has 2 N–H and O–H groups in total. The third kappa shape index (κ3) is 1.88. The first kappa shape index (κ1) is 10.6. The van der Waals surface area contributed by atoms with E-state index < -0.39 is 0 Å². The first-order valence-corrected chi connectivity index (χ1v) is 5.35. The standard InChI is InChI=1S/C11H15N5/c1-3-7-16-8(2)14-15-11(16)9-5-4-6-10(12)13-9/h4-6H,3,7H2,1-2H3,(H2,12,13). The number of nitrogens with two attached hydrogens (primary N) is 1. The number of anilines is 1. The summed E-state index contributed by atoms with van der Waals surface area (Å²) in [6, 6.07) is 5.53. The molecule has 5 heteroatoms. The molecular weight excluding hydrogens is 202 g/mol. The molecule has 0 saturated heterocycles. The number of hydrogen-bond donors (Lipinski definition) is 1. The summed E-state index contributed by atoms with van der Waals surface area (Å²) in [6.07, 6.45) is 1.04. The van der Waals surface area contributed by atoms with E-state index >= 15 is 0 Å². The second kappa shape index (κ2) is 4.30. The van der Waals surface area contributed by atoms with Crippen molar-refractivity contribution in [2.24, 2.45) is 0 Å². The fourth-order valence-corrected chi connectivity index (χ4v) is 1.64. The van der Waals surface area contributed by atoms with Gasteiger partial charge in [0.05, 0.1) is 0 Å². The summed E-state index contributed by atoms with van der Waals surface area (Å²) in [5.41, 5.74) is 6.43. The van der Waals surface area contributed by atoms with Crippen molar-refractivity contribution < 1.29 is 0 Å². The van der Waals surface area contributed by atoms with Gasteiger partial charge < -0.3 is 10.3 Å². The molecule has 0 aliphatic rings. The zero-order valence-electron chi connectivity index (χ0n) is 9.51. The smallest absolute Gasteiger partial charge is 0.182 e. The Morgan fingerprint density at radius 3 is 2.81 bits per heavy atom. The number of hydrogen-bond acceptors (Lipinski definition) is 4. The third-order valence-corrected chi connectivity index (χ3v) is 2.38. The zero-order valence-corrected chi connectivity index (χ0v) is 9.51. The molecule has 2 rings (SSSR count). The van der Waals surface area contributed by atoms with Crippen LogP contribution < -0.4 is 5.73 Å². The predicted octanol–water partition coefficient (Wildman–Crippen LogP) is 1.64. The number of pyridine rings is 1. The van der Waals surface area contributed by atoms with Crippen LogP contribution in [0, 0.1) is 6.92 Å². The molecule has 0 saturated carbocycles. The van der Waals surface area contributed by atoms with Gasteiger partial charge in [-0.05, 0) is 25.5 Å². The molecule has 0 bridgehead atoms. The van der Waals surface area contributed by atoms with Crippen LogP contribution in [0.25, 0.3) is 11.5 Å². The highest BCUT2D eigenvalue weighted by atomic mass is 15.3. The maximum atomic E-state index is 5.66. The third-order valence-electron chi connectivity index (χ3n) is 2.38. The van der Waals surface area contributed by atoms with Gasteiger partial charge in [-0.15, -0.1) is 10.2 Å². The Balaban J connectivity index is 2.47. The van der Waals surface area contributed by atoms with Crippen LogP contribution >= 0.6 is 0 Å². The van der Waals surface area contributed by atoms with Gasteiger partial charge >= 0.3 is 0 Å². The van der Waals surface area contributed by atoms with E-state index in [0.29, 0.717) is 5.82 Å². The Morgan fingerprint density at radius 2 is 2.12 bits per heavy atom. The lowest BCUT2D eigenvalue weighted by atomic mass is 10.3. The molecule has 5 nitrogen and oxygen atoms in total. The van der Waals surface area contributed by atoms with Crippen molar-refractivity contribution in [1.82, 2.24) is 19.7 Å². The monoisotopic (exact) mass is 217 g/mol. The molecule has 2 heterocycles. The minimum absolute atomic E-state index is 0.501. The maximum absolute atomic E-state index is 5.66. The summed E-state index contributed by atoms with van der Waals surface area (Å²) >= 11 is 0. The van der Waals surface area contributed by atoms with Crippen LogP contribution in [0.3, 0.4) is 0 Å². The molecule has 0 unspecified atom stereocenters. The minimum Gasteiger partial charge on any atom is -0.384 e. The Hall–Kier alpha value is -1.91. The summed E-state index contributed by atoms with van der Waals surface area (Å²) in [5.74, 6) is 2.19. The van der Waals surface area contributed by atoms with E-state index in [1.165, 1.54) is 0 Å². The van der Waals surface area contributed by atoms with Crippen LogP contribution in [-0.4, -0.2) is 19.7 Å². The summed E-state index contributed by atoms with van der Waals surface area (Å²) in [4.78, 5) is 4.25. The molecule has 2 aromatic rings. The van der Waals surface area contributed by atoms with E-state index in [9.17, 15) is 0 Å². The van der Waals surface area contributed by atoms with Gasteiger partial charge in [-0.3, -0.25) is 0 Å². The van der Waals surface area contributed by atoms with Gasteiger partial charge in [0, 0.05) is 6.54 Å². The topological polar surface area (TPSA) is 69.6 Å². The van der Waals surface area contributed by atoms with Gasteiger partial charge in [0.1, 0.15) is 17.3 Å². The molecule has 0 aliphatic heterocycles. The Bertz CT molecular complexity index is 489. The first-order valence-electron chi connectivity index (χ1n) is 5.35. The van der Waals surface area contributed by atoms with Crippen molar-refractivity contribution in [3.63, 3.8) is 0 Å². The first-order chi connectivity index (χ1) is 7.72. The SMILES string of the molecule is CCCn1c(C)nnc1-c1cccc(N)n1. The molecule has 0 aromatic carbocycles. The Morgan fingerprint density at radius 1 is 1.31 bits per heavy atom. The van der Waals surface area contributed by atoms with Gasteiger partial charge in [-0.2, -0.15) is 0 Å². The number of rotatable bonds is 3. The molecule has 16 heavy (non-hydrogen) atoms. The van der Waals surface area contributed by atoms with Crippen LogP contribution in [0.5, 0.6) is 0 Å². The van der Waals surface area contributed by atoms with Gasteiger partial charge in [-0.1, -0.05) is 13.0 Å². The zero-order chi connectivity index (χ0) is 11.5. The average molecular weight is 217 g/mol. The summed E-state index contributed by atoms with van der Waals surface area (Å²) in [7, 11) is 0. The predicted molar refractivity (Wildman–Crippen MR) is 62.7 cm³/mol. The lowest BCUT2D eigenvalue weighted by Crippen LogP contribution is -2.03. The molecule has 0 atom stereocenters. The second-order valence-corrected chi connectivity index (χ2v) is 3.67. The molecule has 0 spiro atoms. The molecule has 0 amide bonds. The minimum atomic E-state index is 0.501. The van der Waals surface area contributed by atoms with Crippen molar-refractivity contribution in [1.29, 1.82) is 0 Å². The maximum Gasteiger partial charge on any atom is 0.182 e. The number of nitrogen functional groups attached to an aromatic ring is 1. The highest BCUT2D eigenvalue weighted by Crippen LogP contribution is 2.17. The van der Waals surface area contributed by atoms with Gasteiger partial charge in [0.25, 0.3) is 0 Å². The number of aromatic nitrogens is 4. The summed E-state index contributed by atoms with van der Waals surface area (Å²) in [6.45, 7) is 4.96. The molecule has 0 aliphatic carbocycles. The van der Waals surface area contributed by atoms with E-state index in [4.69, 9.17) is 5.73 Å². The molecule has 0 fully saturated rings. The van der Waals surface area contributed by atoms with Gasteiger partial charge in [0.15, 0.2) is 5.82 Å². The van der Waals surface area contributed by atoms with Crippen LogP contribution in [0.2, 0.25) is 0 Å². The summed E-state index contributed by atoms with van der Waals surface area (Å²) < 4.78 is 2.06. The molecule has 0 radical (unpaired) electrons. The van der Waals surface area contributed by atoms with Gasteiger partial charge in [-0.25, -0.2) is 4.98 Å². The van der Waals surface area contributed by atoms with E-state index in [0.717, 1.165) is 30.3 Å². The fraction of sp³-hybridized carbons (Fsp3) is 0.364.